The average Bonchev–Trinajstić information content (AvgIpc) is 2.93. The molecule has 0 fully saturated rings. The van der Waals surface area contributed by atoms with E-state index in [1.807, 2.05) is 35.8 Å². The highest BCUT2D eigenvalue weighted by atomic mass is 127. The molecule has 4 nitrogen and oxygen atoms in total. The summed E-state index contributed by atoms with van der Waals surface area (Å²) in [6.45, 7) is 2.43. The minimum atomic E-state index is -0.269. The number of hydrogen-bond donors (Lipinski definition) is 0. The zero-order valence-electron chi connectivity index (χ0n) is 13.0. The second kappa shape index (κ2) is 6.08. The van der Waals surface area contributed by atoms with E-state index in [2.05, 4.69) is 37.8 Å². The van der Waals surface area contributed by atoms with Crippen LogP contribution < -0.4 is 0 Å². The molecule has 0 saturated heterocycles. The van der Waals surface area contributed by atoms with Crippen LogP contribution in [0.5, 0.6) is 0 Å². The molecule has 1 aliphatic heterocycles. The second-order valence-electron chi connectivity index (χ2n) is 5.53. The zero-order chi connectivity index (χ0) is 16.7. The van der Waals surface area contributed by atoms with Gasteiger partial charge in [0.05, 0.1) is 11.4 Å². The first-order valence-electron chi connectivity index (χ1n) is 7.72. The Balaban J connectivity index is 2.01. The summed E-state index contributed by atoms with van der Waals surface area (Å²) in [5.41, 5.74) is 3.03. The lowest BCUT2D eigenvalue weighted by Crippen LogP contribution is -2.10. The molecule has 0 N–H and O–H groups in total. The van der Waals surface area contributed by atoms with E-state index in [4.69, 9.17) is 0 Å². The van der Waals surface area contributed by atoms with Gasteiger partial charge in [-0.2, -0.15) is 0 Å². The molecule has 120 valence electrons. The van der Waals surface area contributed by atoms with E-state index in [1.165, 1.54) is 6.07 Å². The maximum atomic E-state index is 14.4. The maximum absolute atomic E-state index is 14.4. The largest absolute Gasteiger partial charge is 0.281 e. The molecule has 0 saturated carbocycles. The number of hydrogen-bond acceptors (Lipinski definition) is 3. The van der Waals surface area contributed by atoms with Gasteiger partial charge in [-0.05, 0) is 52.9 Å². The van der Waals surface area contributed by atoms with E-state index in [0.29, 0.717) is 17.8 Å². The van der Waals surface area contributed by atoms with Crippen molar-refractivity contribution in [3.05, 3.63) is 74.6 Å². The lowest BCUT2D eigenvalue weighted by Gasteiger charge is -2.14. The van der Waals surface area contributed by atoms with Gasteiger partial charge in [0.15, 0.2) is 5.82 Å². The lowest BCUT2D eigenvalue weighted by molar-refractivity contribution is 0.625. The Morgan fingerprint density at radius 3 is 2.75 bits per heavy atom. The normalized spacial score (nSPS) is 13.0. The van der Waals surface area contributed by atoms with Gasteiger partial charge in [-0.25, -0.2) is 4.39 Å². The van der Waals surface area contributed by atoms with Crippen molar-refractivity contribution < 1.29 is 4.39 Å². The number of aryl methyl sites for hydroxylation is 1. The van der Waals surface area contributed by atoms with Gasteiger partial charge in [0.25, 0.3) is 0 Å². The van der Waals surface area contributed by atoms with Crippen molar-refractivity contribution in [2.45, 2.75) is 19.9 Å². The first kappa shape index (κ1) is 15.4. The van der Waals surface area contributed by atoms with Crippen LogP contribution in [0, 0.1) is 9.39 Å². The van der Waals surface area contributed by atoms with Crippen LogP contribution in [0.25, 0.3) is 5.69 Å². The van der Waals surface area contributed by atoms with Crippen molar-refractivity contribution in [1.29, 1.82) is 0 Å². The highest BCUT2D eigenvalue weighted by molar-refractivity contribution is 14.1. The molecule has 0 amide bonds. The fourth-order valence-corrected chi connectivity index (χ4v) is 3.47. The van der Waals surface area contributed by atoms with Crippen molar-refractivity contribution in [1.82, 2.24) is 14.8 Å². The Hall–Kier alpha value is -2.09. The molecule has 6 heteroatoms. The molecule has 1 aliphatic rings. The third-order valence-electron chi connectivity index (χ3n) is 4.08. The summed E-state index contributed by atoms with van der Waals surface area (Å²) in [6, 6.07) is 12.9. The Labute approximate surface area is 152 Å². The number of fused-ring (bicyclic) bond motifs is 3. The number of aromatic nitrogens is 3. The molecule has 2 aromatic carbocycles. The summed E-state index contributed by atoms with van der Waals surface area (Å²) in [5, 5.41) is 8.53. The maximum Gasteiger partial charge on any atom is 0.159 e. The molecule has 4 rings (SSSR count). The Morgan fingerprint density at radius 1 is 1.12 bits per heavy atom. The Morgan fingerprint density at radius 2 is 1.96 bits per heavy atom. The molecule has 2 heterocycles. The summed E-state index contributed by atoms with van der Waals surface area (Å²) in [4.78, 5) is 4.68. The van der Waals surface area contributed by atoms with E-state index >= 15 is 0 Å². The molecule has 3 aromatic rings. The molecular weight excluding hydrogens is 418 g/mol. The van der Waals surface area contributed by atoms with Gasteiger partial charge in [-0.15, -0.1) is 10.2 Å². The van der Waals surface area contributed by atoms with Crippen LogP contribution in [0.1, 0.15) is 29.7 Å². The van der Waals surface area contributed by atoms with Crippen LogP contribution in [0.4, 0.5) is 4.39 Å². The third-order valence-corrected chi connectivity index (χ3v) is 4.75. The number of rotatable bonds is 2. The minimum absolute atomic E-state index is 0.269. The molecule has 0 bridgehead atoms. The van der Waals surface area contributed by atoms with E-state index in [-0.39, 0.29) is 5.82 Å². The number of aliphatic imine (C=N–C) groups is 1. The highest BCUT2D eigenvalue weighted by Gasteiger charge is 2.23. The molecule has 0 unspecified atom stereocenters. The first-order chi connectivity index (χ1) is 11.7. The van der Waals surface area contributed by atoms with Crippen LogP contribution in [0.3, 0.4) is 0 Å². The minimum Gasteiger partial charge on any atom is -0.281 e. The van der Waals surface area contributed by atoms with Gasteiger partial charge in [0.1, 0.15) is 18.2 Å². The summed E-state index contributed by atoms with van der Waals surface area (Å²) >= 11 is 2.26. The molecule has 0 atom stereocenters. The van der Waals surface area contributed by atoms with Crippen LogP contribution in [0.15, 0.2) is 47.5 Å². The van der Waals surface area contributed by atoms with E-state index in [9.17, 15) is 4.39 Å². The van der Waals surface area contributed by atoms with Gasteiger partial charge < -0.3 is 0 Å². The molecule has 24 heavy (non-hydrogen) atoms. The molecule has 0 radical (unpaired) electrons. The van der Waals surface area contributed by atoms with Gasteiger partial charge in [-0.1, -0.05) is 19.1 Å². The van der Waals surface area contributed by atoms with Crippen molar-refractivity contribution in [3.8, 4) is 5.69 Å². The lowest BCUT2D eigenvalue weighted by atomic mass is 10.00. The molecular formula is C18H14FIN4. The van der Waals surface area contributed by atoms with Crippen LogP contribution in [0.2, 0.25) is 0 Å². The first-order valence-corrected chi connectivity index (χ1v) is 8.79. The van der Waals surface area contributed by atoms with Crippen LogP contribution >= 0.6 is 22.6 Å². The van der Waals surface area contributed by atoms with Crippen molar-refractivity contribution >= 4 is 28.3 Å². The van der Waals surface area contributed by atoms with E-state index < -0.39 is 0 Å². The fraction of sp³-hybridized carbons (Fsp3) is 0.167. The van der Waals surface area contributed by atoms with Crippen LogP contribution in [-0.4, -0.2) is 20.5 Å². The average molecular weight is 432 g/mol. The van der Waals surface area contributed by atoms with Gasteiger partial charge >= 0.3 is 0 Å². The Bertz CT molecular complexity index is 961. The van der Waals surface area contributed by atoms with Crippen molar-refractivity contribution in [2.24, 2.45) is 4.99 Å². The summed E-state index contributed by atoms with van der Waals surface area (Å²) in [5.74, 6) is 1.40. The Kier molecular flexibility index (Phi) is 3.91. The SMILES string of the molecule is CCc1nnc2n1-c1ccc(I)cc1C(c1ccccc1F)=NC2. The quantitative estimate of drug-likeness (QED) is 0.577. The van der Waals surface area contributed by atoms with E-state index in [0.717, 1.165) is 32.9 Å². The fourth-order valence-electron chi connectivity index (χ4n) is 2.97. The molecule has 0 aliphatic carbocycles. The molecule has 1 aromatic heterocycles. The van der Waals surface area contributed by atoms with E-state index in [1.54, 1.807) is 12.1 Å². The van der Waals surface area contributed by atoms with Crippen LogP contribution in [-0.2, 0) is 13.0 Å². The number of halogens is 2. The van der Waals surface area contributed by atoms with Gasteiger partial charge in [0.2, 0.25) is 0 Å². The van der Waals surface area contributed by atoms with Gasteiger partial charge in [-0.3, -0.25) is 9.56 Å². The summed E-state index contributed by atoms with van der Waals surface area (Å²) in [7, 11) is 0. The predicted octanol–water partition coefficient (Wildman–Crippen LogP) is 3.92. The highest BCUT2D eigenvalue weighted by Crippen LogP contribution is 2.28. The molecule has 0 spiro atoms. The topological polar surface area (TPSA) is 43.1 Å². The zero-order valence-corrected chi connectivity index (χ0v) is 15.2. The smallest absolute Gasteiger partial charge is 0.159 e. The van der Waals surface area contributed by atoms with Gasteiger partial charge in [0, 0.05) is 21.1 Å². The summed E-state index contributed by atoms with van der Waals surface area (Å²) < 4.78 is 17.5. The predicted molar refractivity (Wildman–Crippen MR) is 99.2 cm³/mol. The number of benzene rings is 2. The number of nitrogens with zero attached hydrogens (tertiary/aromatic N) is 4. The van der Waals surface area contributed by atoms with Crippen molar-refractivity contribution in [3.63, 3.8) is 0 Å². The standard InChI is InChI=1S/C18H14FIN4/c1-2-16-22-23-17-10-21-18(12-5-3-4-6-14(12)19)13-9-11(20)7-8-15(13)24(16)17/h3-9H,2,10H2,1H3. The van der Waals surface area contributed by atoms with Crippen molar-refractivity contribution in [2.75, 3.05) is 0 Å². The summed E-state index contributed by atoms with van der Waals surface area (Å²) in [6.07, 6.45) is 0.771. The monoisotopic (exact) mass is 432 g/mol. The second-order valence-corrected chi connectivity index (χ2v) is 6.77. The third kappa shape index (κ3) is 2.45.